The minimum Gasteiger partial charge on any atom is -0.368 e. The Balaban J connectivity index is 1.90. The molecular weight excluding hydrogens is 226 g/mol. The number of rotatable bonds is 6. The number of aromatic nitrogens is 2. The van der Waals surface area contributed by atoms with Crippen LogP contribution >= 0.6 is 0 Å². The number of nitrogens with zero attached hydrogens (tertiary/aromatic N) is 2. The summed E-state index contributed by atoms with van der Waals surface area (Å²) in [5.41, 5.74) is 6.52. The van der Waals surface area contributed by atoms with E-state index >= 15 is 0 Å². The van der Waals surface area contributed by atoms with Gasteiger partial charge in [0.2, 0.25) is 0 Å². The molecule has 18 heavy (non-hydrogen) atoms. The van der Waals surface area contributed by atoms with Crippen molar-refractivity contribution in [3.8, 4) is 0 Å². The summed E-state index contributed by atoms with van der Waals surface area (Å²) in [6.07, 6.45) is 8.19. The second-order valence-electron chi connectivity index (χ2n) is 5.52. The summed E-state index contributed by atoms with van der Waals surface area (Å²) < 4.78 is 8.00. The average Bonchev–Trinajstić information content (AvgIpc) is 3.06. The van der Waals surface area contributed by atoms with Gasteiger partial charge in [-0.1, -0.05) is 19.8 Å². The van der Waals surface area contributed by atoms with E-state index in [1.54, 1.807) is 0 Å². The molecule has 1 aliphatic rings. The second-order valence-corrected chi connectivity index (χ2v) is 5.52. The van der Waals surface area contributed by atoms with Gasteiger partial charge >= 0.3 is 0 Å². The van der Waals surface area contributed by atoms with Crippen LogP contribution in [0.1, 0.15) is 57.7 Å². The highest BCUT2D eigenvalue weighted by molar-refractivity contribution is 4.99. The van der Waals surface area contributed by atoms with Crippen molar-refractivity contribution < 1.29 is 4.74 Å². The van der Waals surface area contributed by atoms with Crippen molar-refractivity contribution in [1.29, 1.82) is 0 Å². The molecule has 102 valence electrons. The fourth-order valence-electron chi connectivity index (χ4n) is 2.38. The zero-order chi connectivity index (χ0) is 13.0. The summed E-state index contributed by atoms with van der Waals surface area (Å²) in [5, 5.41) is 4.61. The molecule has 1 atom stereocenters. The SMILES string of the molecule is CCC(C)(CN)OCc1ccn(C2CCCC2)n1. The molecule has 0 aliphatic heterocycles. The van der Waals surface area contributed by atoms with Crippen LogP contribution in [-0.2, 0) is 11.3 Å². The number of hydrogen-bond donors (Lipinski definition) is 1. The van der Waals surface area contributed by atoms with Gasteiger partial charge in [-0.15, -0.1) is 0 Å². The molecule has 1 fully saturated rings. The fourth-order valence-corrected chi connectivity index (χ4v) is 2.38. The van der Waals surface area contributed by atoms with Crippen molar-refractivity contribution in [3.05, 3.63) is 18.0 Å². The molecule has 0 amide bonds. The largest absolute Gasteiger partial charge is 0.368 e. The lowest BCUT2D eigenvalue weighted by molar-refractivity contribution is -0.0403. The monoisotopic (exact) mass is 251 g/mol. The Morgan fingerprint density at radius 1 is 1.50 bits per heavy atom. The third-order valence-corrected chi connectivity index (χ3v) is 4.11. The van der Waals surface area contributed by atoms with E-state index in [-0.39, 0.29) is 5.60 Å². The summed E-state index contributed by atoms with van der Waals surface area (Å²) in [6, 6.07) is 2.66. The van der Waals surface area contributed by atoms with Gasteiger partial charge in [0.05, 0.1) is 23.9 Å². The summed E-state index contributed by atoms with van der Waals surface area (Å²) in [5.74, 6) is 0. The van der Waals surface area contributed by atoms with Gasteiger partial charge in [-0.25, -0.2) is 0 Å². The molecule has 0 spiro atoms. The van der Waals surface area contributed by atoms with Crippen LogP contribution in [0, 0.1) is 0 Å². The third-order valence-electron chi connectivity index (χ3n) is 4.11. The molecule has 1 heterocycles. The zero-order valence-corrected chi connectivity index (χ0v) is 11.6. The molecule has 4 heteroatoms. The van der Waals surface area contributed by atoms with E-state index in [9.17, 15) is 0 Å². The fraction of sp³-hybridized carbons (Fsp3) is 0.786. The third kappa shape index (κ3) is 3.12. The van der Waals surface area contributed by atoms with Crippen LogP contribution in [-0.4, -0.2) is 21.9 Å². The predicted octanol–water partition coefficient (Wildman–Crippen LogP) is 2.64. The van der Waals surface area contributed by atoms with Crippen molar-refractivity contribution in [2.45, 2.75) is 64.2 Å². The summed E-state index contributed by atoms with van der Waals surface area (Å²) in [4.78, 5) is 0. The topological polar surface area (TPSA) is 53.1 Å². The normalized spacial score (nSPS) is 20.2. The van der Waals surface area contributed by atoms with Gasteiger partial charge in [0, 0.05) is 12.7 Å². The smallest absolute Gasteiger partial charge is 0.0914 e. The molecule has 1 unspecified atom stereocenters. The van der Waals surface area contributed by atoms with Gasteiger partial charge in [-0.2, -0.15) is 5.10 Å². The first-order valence-electron chi connectivity index (χ1n) is 7.05. The van der Waals surface area contributed by atoms with E-state index in [2.05, 4.69) is 35.9 Å². The molecule has 1 saturated carbocycles. The number of ether oxygens (including phenoxy) is 1. The standard InChI is InChI=1S/C14H25N3O/c1-3-14(2,11-15)18-10-12-8-9-17(16-12)13-6-4-5-7-13/h8-9,13H,3-7,10-11,15H2,1-2H3. The van der Waals surface area contributed by atoms with Gasteiger partial charge in [-0.3, -0.25) is 4.68 Å². The van der Waals surface area contributed by atoms with Gasteiger partial charge in [0.25, 0.3) is 0 Å². The minimum absolute atomic E-state index is 0.225. The molecule has 0 radical (unpaired) electrons. The Bertz CT molecular complexity index is 365. The molecule has 2 rings (SSSR count). The Hall–Kier alpha value is -0.870. The first-order chi connectivity index (χ1) is 8.67. The Kier molecular flexibility index (Phi) is 4.40. The first-order valence-corrected chi connectivity index (χ1v) is 7.05. The van der Waals surface area contributed by atoms with E-state index in [0.717, 1.165) is 12.1 Å². The molecule has 4 nitrogen and oxygen atoms in total. The van der Waals surface area contributed by atoms with Crippen LogP contribution in [0.2, 0.25) is 0 Å². The Labute approximate surface area is 110 Å². The molecule has 1 aromatic rings. The van der Waals surface area contributed by atoms with Crippen LogP contribution in [0.4, 0.5) is 0 Å². The molecule has 0 aromatic carbocycles. The van der Waals surface area contributed by atoms with E-state index < -0.39 is 0 Å². The summed E-state index contributed by atoms with van der Waals surface area (Å²) in [6.45, 7) is 5.26. The van der Waals surface area contributed by atoms with E-state index in [1.165, 1.54) is 25.7 Å². The first kappa shape index (κ1) is 13.6. The summed E-state index contributed by atoms with van der Waals surface area (Å²) in [7, 11) is 0. The molecule has 0 bridgehead atoms. The molecule has 0 saturated heterocycles. The number of nitrogens with two attached hydrogens (primary N) is 1. The maximum absolute atomic E-state index is 5.89. The highest BCUT2D eigenvalue weighted by Gasteiger charge is 2.22. The lowest BCUT2D eigenvalue weighted by atomic mass is 10.0. The zero-order valence-electron chi connectivity index (χ0n) is 11.6. The highest BCUT2D eigenvalue weighted by Crippen LogP contribution is 2.28. The minimum atomic E-state index is -0.225. The second kappa shape index (κ2) is 5.85. The maximum atomic E-state index is 5.89. The molecule has 1 aliphatic carbocycles. The molecule has 1 aromatic heterocycles. The van der Waals surface area contributed by atoms with Gasteiger partial charge in [0.1, 0.15) is 0 Å². The van der Waals surface area contributed by atoms with Gasteiger partial charge in [-0.05, 0) is 32.3 Å². The Morgan fingerprint density at radius 3 is 2.83 bits per heavy atom. The van der Waals surface area contributed by atoms with Crippen molar-refractivity contribution in [3.63, 3.8) is 0 Å². The predicted molar refractivity (Wildman–Crippen MR) is 72.3 cm³/mol. The van der Waals surface area contributed by atoms with Crippen molar-refractivity contribution in [2.75, 3.05) is 6.54 Å². The average molecular weight is 251 g/mol. The quantitative estimate of drug-likeness (QED) is 0.845. The maximum Gasteiger partial charge on any atom is 0.0914 e. The Morgan fingerprint density at radius 2 is 2.22 bits per heavy atom. The van der Waals surface area contributed by atoms with Crippen LogP contribution < -0.4 is 5.73 Å². The highest BCUT2D eigenvalue weighted by atomic mass is 16.5. The van der Waals surface area contributed by atoms with Crippen molar-refractivity contribution in [1.82, 2.24) is 9.78 Å². The molecular formula is C14H25N3O. The van der Waals surface area contributed by atoms with Gasteiger partial charge < -0.3 is 10.5 Å². The van der Waals surface area contributed by atoms with Crippen LogP contribution in [0.3, 0.4) is 0 Å². The van der Waals surface area contributed by atoms with Crippen molar-refractivity contribution >= 4 is 0 Å². The lowest BCUT2D eigenvalue weighted by Crippen LogP contribution is -2.36. The molecule has 2 N–H and O–H groups in total. The number of hydrogen-bond acceptors (Lipinski definition) is 3. The summed E-state index contributed by atoms with van der Waals surface area (Å²) >= 11 is 0. The van der Waals surface area contributed by atoms with Crippen LogP contribution in [0.25, 0.3) is 0 Å². The van der Waals surface area contributed by atoms with Crippen LogP contribution in [0.15, 0.2) is 12.3 Å². The lowest BCUT2D eigenvalue weighted by Gasteiger charge is -2.26. The van der Waals surface area contributed by atoms with Crippen molar-refractivity contribution in [2.24, 2.45) is 5.73 Å². The van der Waals surface area contributed by atoms with E-state index in [4.69, 9.17) is 10.5 Å². The van der Waals surface area contributed by atoms with Crippen LogP contribution in [0.5, 0.6) is 0 Å². The van der Waals surface area contributed by atoms with Gasteiger partial charge in [0.15, 0.2) is 0 Å². The van der Waals surface area contributed by atoms with E-state index in [0.29, 0.717) is 19.2 Å². The van der Waals surface area contributed by atoms with E-state index in [1.807, 2.05) is 0 Å².